The minimum Gasteiger partial charge on any atom is -0.382 e. The number of nitrogen functional groups attached to an aromatic ring is 1. The molecular weight excluding hydrogens is 432 g/mol. The number of anilines is 2. The summed E-state index contributed by atoms with van der Waals surface area (Å²) in [5.41, 5.74) is 15.3. The van der Waals surface area contributed by atoms with E-state index in [0.717, 1.165) is 29.9 Å². The number of carbonyl (C=O) groups excluding carboxylic acids is 2. The predicted octanol–water partition coefficient (Wildman–Crippen LogP) is 2.30. The molecule has 1 fully saturated rings. The molecule has 176 valence electrons. The zero-order chi connectivity index (χ0) is 23.9. The third-order valence-electron chi connectivity index (χ3n) is 5.76. The van der Waals surface area contributed by atoms with Gasteiger partial charge in [-0.05, 0) is 19.0 Å². The summed E-state index contributed by atoms with van der Waals surface area (Å²) >= 11 is 0. The Morgan fingerprint density at radius 3 is 2.53 bits per heavy atom. The van der Waals surface area contributed by atoms with Gasteiger partial charge in [0.25, 0.3) is 0 Å². The van der Waals surface area contributed by atoms with E-state index in [4.69, 9.17) is 16.2 Å². The van der Waals surface area contributed by atoms with Crippen LogP contribution in [0.3, 0.4) is 0 Å². The molecule has 0 amide bonds. The van der Waals surface area contributed by atoms with Gasteiger partial charge in [0.2, 0.25) is 0 Å². The molecule has 0 saturated carbocycles. The number of ether oxygens (including phenoxy) is 1. The van der Waals surface area contributed by atoms with Crippen LogP contribution < -0.4 is 16.4 Å². The van der Waals surface area contributed by atoms with Crippen molar-refractivity contribution in [3.63, 3.8) is 0 Å². The van der Waals surface area contributed by atoms with Crippen molar-refractivity contribution < 1.29 is 14.3 Å². The maximum Gasteiger partial charge on any atom is 0.189 e. The van der Waals surface area contributed by atoms with Crippen molar-refractivity contribution in [3.8, 4) is 11.3 Å². The molecule has 0 unspecified atom stereocenters. The molecular formula is C25H28N6O3. The Balaban J connectivity index is 1.54. The molecule has 0 bridgehead atoms. The van der Waals surface area contributed by atoms with Crippen LogP contribution in [0.25, 0.3) is 11.3 Å². The molecule has 9 heteroatoms. The average Bonchev–Trinajstić information content (AvgIpc) is 2.88. The summed E-state index contributed by atoms with van der Waals surface area (Å²) in [6, 6.07) is 9.00. The molecule has 2 aromatic heterocycles. The summed E-state index contributed by atoms with van der Waals surface area (Å²) < 4.78 is 5.44. The van der Waals surface area contributed by atoms with Gasteiger partial charge < -0.3 is 21.1 Å². The van der Waals surface area contributed by atoms with Gasteiger partial charge in [-0.2, -0.15) is 0 Å². The zero-order valence-corrected chi connectivity index (χ0v) is 18.9. The number of morpholine rings is 1. The fourth-order valence-corrected chi connectivity index (χ4v) is 3.90. The number of rotatable bonds is 9. The van der Waals surface area contributed by atoms with Gasteiger partial charge in [0.15, 0.2) is 17.4 Å². The molecule has 0 spiro atoms. The van der Waals surface area contributed by atoms with Gasteiger partial charge in [0.1, 0.15) is 5.69 Å². The monoisotopic (exact) mass is 460 g/mol. The second-order valence-electron chi connectivity index (χ2n) is 8.09. The smallest absolute Gasteiger partial charge is 0.189 e. The van der Waals surface area contributed by atoms with Crippen LogP contribution in [-0.4, -0.2) is 59.4 Å². The summed E-state index contributed by atoms with van der Waals surface area (Å²) in [4.78, 5) is 40.5. The first-order valence-electron chi connectivity index (χ1n) is 11.3. The van der Waals surface area contributed by atoms with Gasteiger partial charge in [-0.3, -0.25) is 14.6 Å². The largest absolute Gasteiger partial charge is 0.382 e. The number of ketones is 2. The van der Waals surface area contributed by atoms with Crippen molar-refractivity contribution in [3.05, 3.63) is 65.7 Å². The number of hydrogen-bond donors (Lipinski definition) is 2. The van der Waals surface area contributed by atoms with E-state index in [9.17, 15) is 9.59 Å². The Morgan fingerprint density at radius 1 is 1.03 bits per heavy atom. The molecule has 34 heavy (non-hydrogen) atoms. The van der Waals surface area contributed by atoms with Gasteiger partial charge in [-0.1, -0.05) is 24.3 Å². The lowest BCUT2D eigenvalue weighted by molar-refractivity contribution is 0.0976. The lowest BCUT2D eigenvalue weighted by Crippen LogP contribution is -2.37. The van der Waals surface area contributed by atoms with Crippen LogP contribution >= 0.6 is 0 Å². The van der Waals surface area contributed by atoms with E-state index in [2.05, 4.69) is 19.9 Å². The van der Waals surface area contributed by atoms with Gasteiger partial charge in [0, 0.05) is 60.7 Å². The lowest BCUT2D eigenvalue weighted by Gasteiger charge is -2.30. The van der Waals surface area contributed by atoms with Crippen LogP contribution in [0, 0.1) is 0 Å². The first-order valence-corrected chi connectivity index (χ1v) is 11.3. The molecule has 1 aliphatic heterocycles. The van der Waals surface area contributed by atoms with Crippen molar-refractivity contribution >= 4 is 23.1 Å². The number of pyridine rings is 1. The number of nitrogens with two attached hydrogens (primary N) is 2. The second-order valence-corrected chi connectivity index (χ2v) is 8.09. The number of nitrogens with zero attached hydrogens (tertiary/aromatic N) is 4. The van der Waals surface area contributed by atoms with Crippen molar-refractivity contribution in [2.45, 2.75) is 19.3 Å². The van der Waals surface area contributed by atoms with E-state index in [0.29, 0.717) is 43.9 Å². The number of hydrogen-bond acceptors (Lipinski definition) is 9. The maximum absolute atomic E-state index is 13.2. The topological polar surface area (TPSA) is 137 Å². The van der Waals surface area contributed by atoms with Gasteiger partial charge in [-0.15, -0.1) is 0 Å². The average molecular weight is 461 g/mol. The van der Waals surface area contributed by atoms with Crippen molar-refractivity contribution in [1.29, 1.82) is 0 Å². The molecule has 0 atom stereocenters. The first kappa shape index (κ1) is 23.5. The fraction of sp³-hybridized carbons (Fsp3) is 0.320. The Bertz CT molecular complexity index is 1160. The Morgan fingerprint density at radius 2 is 1.79 bits per heavy atom. The Kier molecular flexibility index (Phi) is 7.56. The molecule has 1 saturated heterocycles. The van der Waals surface area contributed by atoms with Gasteiger partial charge in [0.05, 0.1) is 25.1 Å². The van der Waals surface area contributed by atoms with Crippen LogP contribution in [0.15, 0.2) is 48.9 Å². The molecule has 1 aromatic carbocycles. The van der Waals surface area contributed by atoms with Crippen molar-refractivity contribution in [2.24, 2.45) is 5.73 Å². The van der Waals surface area contributed by atoms with Gasteiger partial charge in [-0.25, -0.2) is 9.97 Å². The molecule has 9 nitrogen and oxygen atoms in total. The standard InChI is InChI=1S/C25H28N6O3/c26-8-1-2-22(32)18-5-3-17(4-6-18)20-16-29-25(27)24(30-20)23(33)14-19-15-28-9-7-21(19)31-10-12-34-13-11-31/h3-7,9,15-16H,1-2,8,10-14,26H2,(H2,27,29). The van der Waals surface area contributed by atoms with E-state index in [1.807, 2.05) is 6.07 Å². The lowest BCUT2D eigenvalue weighted by atomic mass is 10.0. The molecule has 4 rings (SSSR count). The second kappa shape index (κ2) is 11.0. The summed E-state index contributed by atoms with van der Waals surface area (Å²) in [5.74, 6) is -0.106. The normalized spacial score (nSPS) is 13.6. The third kappa shape index (κ3) is 5.44. The highest BCUT2D eigenvalue weighted by atomic mass is 16.5. The number of Topliss-reactive ketones (excluding diaryl/α,β-unsaturated/α-hetero) is 2. The van der Waals surface area contributed by atoms with Crippen molar-refractivity contribution in [2.75, 3.05) is 43.5 Å². The Hall–Kier alpha value is -3.69. The quantitative estimate of drug-likeness (QED) is 0.461. The SMILES string of the molecule is NCCCC(=O)c1ccc(-c2cnc(N)c(C(=O)Cc3cnccc3N3CCOCC3)n2)cc1. The molecule has 4 N–H and O–H groups in total. The highest BCUT2D eigenvalue weighted by molar-refractivity contribution is 6.00. The van der Waals surface area contributed by atoms with E-state index in [1.165, 1.54) is 6.20 Å². The summed E-state index contributed by atoms with van der Waals surface area (Å²) in [5, 5.41) is 0. The summed E-state index contributed by atoms with van der Waals surface area (Å²) in [6.45, 7) is 3.29. The molecule has 1 aliphatic rings. The first-order chi connectivity index (χ1) is 16.6. The molecule has 3 heterocycles. The molecule has 0 aliphatic carbocycles. The number of benzene rings is 1. The molecule has 3 aromatic rings. The zero-order valence-electron chi connectivity index (χ0n) is 18.9. The van der Waals surface area contributed by atoms with Crippen molar-refractivity contribution in [1.82, 2.24) is 15.0 Å². The van der Waals surface area contributed by atoms with Crippen LogP contribution in [0.1, 0.15) is 39.3 Å². The Labute approximate surface area is 198 Å². The van der Waals surface area contributed by atoms with E-state index < -0.39 is 0 Å². The minimum atomic E-state index is -0.233. The van der Waals surface area contributed by atoms with E-state index in [-0.39, 0.29) is 29.5 Å². The predicted molar refractivity (Wildman–Crippen MR) is 130 cm³/mol. The summed E-state index contributed by atoms with van der Waals surface area (Å²) in [7, 11) is 0. The number of aromatic nitrogens is 3. The highest BCUT2D eigenvalue weighted by Crippen LogP contribution is 2.24. The van der Waals surface area contributed by atoms with Crippen LogP contribution in [0.5, 0.6) is 0 Å². The maximum atomic E-state index is 13.2. The van der Waals surface area contributed by atoms with Crippen LogP contribution in [0.4, 0.5) is 11.5 Å². The van der Waals surface area contributed by atoms with Gasteiger partial charge >= 0.3 is 0 Å². The highest BCUT2D eigenvalue weighted by Gasteiger charge is 2.20. The van der Waals surface area contributed by atoms with Crippen LogP contribution in [0.2, 0.25) is 0 Å². The number of carbonyl (C=O) groups is 2. The van der Waals surface area contributed by atoms with E-state index >= 15 is 0 Å². The third-order valence-corrected chi connectivity index (χ3v) is 5.76. The van der Waals surface area contributed by atoms with Crippen LogP contribution in [-0.2, 0) is 11.2 Å². The van der Waals surface area contributed by atoms with E-state index in [1.54, 1.807) is 36.7 Å². The minimum absolute atomic E-state index is 0.0452. The molecule has 0 radical (unpaired) electrons. The summed E-state index contributed by atoms with van der Waals surface area (Å²) in [6.07, 6.45) is 6.13. The fourth-order valence-electron chi connectivity index (χ4n) is 3.90.